The van der Waals surface area contributed by atoms with Crippen LogP contribution in [0.3, 0.4) is 0 Å². The van der Waals surface area contributed by atoms with Crippen molar-refractivity contribution < 1.29 is 4.74 Å². The van der Waals surface area contributed by atoms with E-state index in [4.69, 9.17) is 20.6 Å². The van der Waals surface area contributed by atoms with Crippen molar-refractivity contribution in [3.05, 3.63) is 77.2 Å². The number of rotatable bonds is 4. The monoisotopic (exact) mass is 506 g/mol. The Kier molecular flexibility index (Phi) is 4.51. The lowest BCUT2D eigenvalue weighted by Crippen LogP contribution is -2.45. The number of hydrogen-bond acceptors (Lipinski definition) is 7. The van der Waals surface area contributed by atoms with Gasteiger partial charge in [0.05, 0.1) is 18.2 Å². The van der Waals surface area contributed by atoms with E-state index in [0.29, 0.717) is 0 Å². The molecule has 0 amide bonds. The molecule has 192 valence electrons. The summed E-state index contributed by atoms with van der Waals surface area (Å²) in [7, 11) is 1.71. The maximum absolute atomic E-state index is 6.88. The molecule has 2 fully saturated rings. The first-order chi connectivity index (χ1) is 18.6. The first-order valence-corrected chi connectivity index (χ1v) is 13.4. The molecular weight excluding hydrogens is 476 g/mol. The molecule has 1 saturated carbocycles. The van der Waals surface area contributed by atoms with Crippen molar-refractivity contribution in [1.29, 1.82) is 0 Å². The number of methoxy groups -OCH3 is 1. The summed E-state index contributed by atoms with van der Waals surface area (Å²) in [5, 5.41) is 17.9. The predicted octanol–water partition coefficient (Wildman–Crippen LogP) is 3.93. The molecule has 38 heavy (non-hydrogen) atoms. The summed E-state index contributed by atoms with van der Waals surface area (Å²) in [5.41, 5.74) is 13.4. The number of aromatic nitrogens is 6. The Morgan fingerprint density at radius 2 is 1.87 bits per heavy atom. The molecule has 4 heterocycles. The third kappa shape index (κ3) is 2.96. The number of ether oxygens (including phenoxy) is 1. The minimum absolute atomic E-state index is 0.0167. The highest BCUT2D eigenvalue weighted by molar-refractivity contribution is 5.94. The van der Waals surface area contributed by atoms with Crippen LogP contribution in [0, 0.1) is 5.41 Å². The second kappa shape index (κ2) is 7.77. The third-order valence-corrected chi connectivity index (χ3v) is 9.41. The Morgan fingerprint density at radius 1 is 1.05 bits per heavy atom. The number of fused-ring (bicyclic) bond motifs is 4. The topological polar surface area (TPSA) is 110 Å². The van der Waals surface area contributed by atoms with E-state index in [1.54, 1.807) is 13.4 Å². The Bertz CT molecular complexity index is 1680. The molecule has 9 nitrogen and oxygen atoms in total. The standard InChI is InChI=1S/C29H30N8O/c1-38-20-8-7-18-16-28(23(30)21(18)15-20)11-13-36(14-12-28)27-32-25-22(26-35-31-17-37(26)27)24(33-34-25)29(9-10-29)19-5-3-2-4-6-19/h2-8,15,17,23H,9-14,16,30H2,1H3,(H,33,34)/t23-/m1/s1. The number of aromatic amines is 1. The van der Waals surface area contributed by atoms with Crippen molar-refractivity contribution in [3.63, 3.8) is 0 Å². The van der Waals surface area contributed by atoms with Crippen molar-refractivity contribution in [2.75, 3.05) is 25.1 Å². The second-order valence-corrected chi connectivity index (χ2v) is 11.2. The van der Waals surface area contributed by atoms with E-state index >= 15 is 0 Å². The SMILES string of the molecule is COc1ccc2c(c1)[C@@H](N)C1(CCN(c3nc4[nH]nc(C5(c6ccccc6)CC5)c4c4nncn34)CC1)C2. The first-order valence-electron chi connectivity index (χ1n) is 13.4. The maximum Gasteiger partial charge on any atom is 0.214 e. The van der Waals surface area contributed by atoms with Crippen LogP contribution >= 0.6 is 0 Å². The van der Waals surface area contributed by atoms with Gasteiger partial charge in [0.25, 0.3) is 0 Å². The molecule has 1 saturated heterocycles. The van der Waals surface area contributed by atoms with Crippen LogP contribution in [-0.4, -0.2) is 50.0 Å². The van der Waals surface area contributed by atoms with E-state index in [9.17, 15) is 0 Å². The van der Waals surface area contributed by atoms with Gasteiger partial charge in [0.2, 0.25) is 5.95 Å². The van der Waals surface area contributed by atoms with Crippen LogP contribution in [0.15, 0.2) is 54.9 Å². The van der Waals surface area contributed by atoms with Gasteiger partial charge in [-0.3, -0.25) is 9.50 Å². The number of piperidine rings is 1. The lowest BCUT2D eigenvalue weighted by molar-refractivity contribution is 0.186. The molecule has 5 aromatic rings. The van der Waals surface area contributed by atoms with Gasteiger partial charge >= 0.3 is 0 Å². The fourth-order valence-electron chi connectivity index (χ4n) is 7.05. The molecule has 8 rings (SSSR count). The van der Waals surface area contributed by atoms with Crippen LogP contribution in [-0.2, 0) is 11.8 Å². The molecule has 1 spiro atoms. The summed E-state index contributed by atoms with van der Waals surface area (Å²) in [6.07, 6.45) is 6.94. The summed E-state index contributed by atoms with van der Waals surface area (Å²) >= 11 is 0. The molecule has 3 aromatic heterocycles. The number of H-pyrrole nitrogens is 1. The van der Waals surface area contributed by atoms with E-state index < -0.39 is 0 Å². The molecule has 0 unspecified atom stereocenters. The zero-order chi connectivity index (χ0) is 25.5. The van der Waals surface area contributed by atoms with Crippen molar-refractivity contribution in [2.45, 2.75) is 43.6 Å². The van der Waals surface area contributed by atoms with Crippen LogP contribution < -0.4 is 15.4 Å². The highest BCUT2D eigenvalue weighted by atomic mass is 16.5. The van der Waals surface area contributed by atoms with E-state index in [-0.39, 0.29) is 16.9 Å². The Hall–Kier alpha value is -3.98. The fraction of sp³-hybridized carbons (Fsp3) is 0.379. The van der Waals surface area contributed by atoms with Gasteiger partial charge in [0.1, 0.15) is 12.1 Å². The van der Waals surface area contributed by atoms with Gasteiger partial charge in [-0.2, -0.15) is 10.1 Å². The van der Waals surface area contributed by atoms with Crippen LogP contribution in [0.5, 0.6) is 5.75 Å². The Balaban J connectivity index is 1.13. The third-order valence-electron chi connectivity index (χ3n) is 9.41. The lowest BCUT2D eigenvalue weighted by atomic mass is 9.73. The minimum atomic E-state index is -0.0804. The molecule has 0 bridgehead atoms. The Morgan fingerprint density at radius 3 is 2.63 bits per heavy atom. The first kappa shape index (κ1) is 22.0. The molecule has 1 aliphatic heterocycles. The Labute approximate surface area is 220 Å². The van der Waals surface area contributed by atoms with Gasteiger partial charge in [0, 0.05) is 24.5 Å². The number of anilines is 1. The van der Waals surface area contributed by atoms with Crippen LogP contribution in [0.2, 0.25) is 0 Å². The minimum Gasteiger partial charge on any atom is -0.497 e. The van der Waals surface area contributed by atoms with Crippen molar-refractivity contribution in [3.8, 4) is 5.75 Å². The van der Waals surface area contributed by atoms with Crippen molar-refractivity contribution >= 4 is 22.6 Å². The normalized spacial score (nSPS) is 21.3. The van der Waals surface area contributed by atoms with Gasteiger partial charge in [-0.1, -0.05) is 36.4 Å². The second-order valence-electron chi connectivity index (χ2n) is 11.2. The molecule has 1 atom stereocenters. The van der Waals surface area contributed by atoms with Crippen molar-refractivity contribution in [2.24, 2.45) is 11.1 Å². The van der Waals surface area contributed by atoms with Crippen molar-refractivity contribution in [1.82, 2.24) is 29.8 Å². The van der Waals surface area contributed by atoms with Gasteiger partial charge in [0.15, 0.2) is 11.3 Å². The molecule has 0 radical (unpaired) electrons. The molecular formula is C29H30N8O. The molecule has 2 aromatic carbocycles. The molecule has 3 aliphatic rings. The van der Waals surface area contributed by atoms with E-state index in [1.165, 1.54) is 16.7 Å². The summed E-state index contributed by atoms with van der Waals surface area (Å²) in [6.45, 7) is 1.75. The summed E-state index contributed by atoms with van der Waals surface area (Å²) < 4.78 is 7.50. The van der Waals surface area contributed by atoms with E-state index in [1.807, 2.05) is 10.5 Å². The van der Waals surface area contributed by atoms with E-state index in [0.717, 1.165) is 79.3 Å². The van der Waals surface area contributed by atoms with E-state index in [2.05, 4.69) is 62.7 Å². The zero-order valence-corrected chi connectivity index (χ0v) is 21.4. The zero-order valence-electron chi connectivity index (χ0n) is 21.4. The number of nitrogens with zero attached hydrogens (tertiary/aromatic N) is 6. The number of nitrogens with two attached hydrogens (primary N) is 1. The predicted molar refractivity (Wildman–Crippen MR) is 144 cm³/mol. The van der Waals surface area contributed by atoms with Gasteiger partial charge < -0.3 is 15.4 Å². The quantitative estimate of drug-likeness (QED) is 0.380. The average Bonchev–Trinajstić information content (AvgIpc) is 3.29. The molecule has 2 aliphatic carbocycles. The van der Waals surface area contributed by atoms with Gasteiger partial charge in [-0.05, 0) is 66.3 Å². The number of nitrogens with one attached hydrogen (secondary N) is 1. The van der Waals surface area contributed by atoms with Crippen LogP contribution in [0.4, 0.5) is 5.95 Å². The number of benzene rings is 2. The van der Waals surface area contributed by atoms with Gasteiger partial charge in [-0.15, -0.1) is 10.2 Å². The highest BCUT2D eigenvalue weighted by Gasteiger charge is 2.50. The summed E-state index contributed by atoms with van der Waals surface area (Å²) in [6, 6.07) is 17.0. The summed E-state index contributed by atoms with van der Waals surface area (Å²) in [4.78, 5) is 7.44. The van der Waals surface area contributed by atoms with Gasteiger partial charge in [-0.25, -0.2) is 0 Å². The fourth-order valence-corrected chi connectivity index (χ4v) is 7.05. The lowest BCUT2D eigenvalue weighted by Gasteiger charge is -2.42. The maximum atomic E-state index is 6.88. The molecule has 3 N–H and O–H groups in total. The highest BCUT2D eigenvalue weighted by Crippen LogP contribution is 2.55. The summed E-state index contributed by atoms with van der Waals surface area (Å²) in [5.74, 6) is 1.73. The molecule has 9 heteroatoms. The number of hydrogen-bond donors (Lipinski definition) is 2. The largest absolute Gasteiger partial charge is 0.497 e. The van der Waals surface area contributed by atoms with Crippen LogP contribution in [0.25, 0.3) is 16.7 Å². The average molecular weight is 507 g/mol. The van der Waals surface area contributed by atoms with Crippen LogP contribution in [0.1, 0.15) is 54.1 Å². The smallest absolute Gasteiger partial charge is 0.214 e.